The van der Waals surface area contributed by atoms with Crippen LogP contribution < -0.4 is 4.90 Å². The van der Waals surface area contributed by atoms with Gasteiger partial charge in [-0.15, -0.1) is 0 Å². The molecule has 2 aromatic carbocycles. The summed E-state index contributed by atoms with van der Waals surface area (Å²) in [5.74, 6) is -0.417. The van der Waals surface area contributed by atoms with Crippen LogP contribution in [0.5, 0.6) is 0 Å². The van der Waals surface area contributed by atoms with E-state index in [4.69, 9.17) is 4.74 Å². The fraction of sp³-hybridized carbons (Fsp3) is 0.158. The summed E-state index contributed by atoms with van der Waals surface area (Å²) in [6, 6.07) is 15.0. The number of fused-ring (bicyclic) bond motifs is 1. The minimum atomic E-state index is -0.360. The second-order valence-electron chi connectivity index (χ2n) is 5.32. The maximum Gasteiger partial charge on any atom is 0.337 e. The van der Waals surface area contributed by atoms with E-state index in [0.717, 1.165) is 23.2 Å². The molecule has 4 nitrogen and oxygen atoms in total. The van der Waals surface area contributed by atoms with Crippen LogP contribution in [0.4, 0.5) is 5.69 Å². The molecule has 116 valence electrons. The van der Waals surface area contributed by atoms with E-state index in [2.05, 4.69) is 0 Å². The van der Waals surface area contributed by atoms with E-state index in [1.54, 1.807) is 23.1 Å². The summed E-state index contributed by atoms with van der Waals surface area (Å²) >= 11 is 0. The molecule has 1 aliphatic rings. The fourth-order valence-electron chi connectivity index (χ4n) is 2.70. The Balaban J connectivity index is 1.78. The van der Waals surface area contributed by atoms with E-state index in [0.29, 0.717) is 12.1 Å². The highest BCUT2D eigenvalue weighted by atomic mass is 16.5. The summed E-state index contributed by atoms with van der Waals surface area (Å²) < 4.78 is 4.73. The van der Waals surface area contributed by atoms with Crippen molar-refractivity contribution in [1.29, 1.82) is 0 Å². The Hall–Kier alpha value is -2.88. The Kier molecular flexibility index (Phi) is 4.24. The van der Waals surface area contributed by atoms with Crippen LogP contribution in [0.15, 0.2) is 54.6 Å². The molecule has 23 heavy (non-hydrogen) atoms. The van der Waals surface area contributed by atoms with Gasteiger partial charge in [0.1, 0.15) is 0 Å². The fourth-order valence-corrected chi connectivity index (χ4v) is 2.70. The number of carbonyl (C=O) groups excluding carboxylic acids is 2. The number of nitrogens with zero attached hydrogens (tertiary/aromatic N) is 1. The van der Waals surface area contributed by atoms with Gasteiger partial charge in [-0.05, 0) is 41.8 Å². The quantitative estimate of drug-likeness (QED) is 0.647. The number of benzene rings is 2. The second-order valence-corrected chi connectivity index (χ2v) is 5.32. The number of methoxy groups -OCH3 is 1. The zero-order valence-corrected chi connectivity index (χ0v) is 12.9. The minimum absolute atomic E-state index is 0.0570. The van der Waals surface area contributed by atoms with Crippen molar-refractivity contribution < 1.29 is 14.3 Å². The first-order valence-corrected chi connectivity index (χ1v) is 7.45. The first-order valence-electron chi connectivity index (χ1n) is 7.45. The molecule has 0 saturated heterocycles. The number of ether oxygens (including phenoxy) is 1. The van der Waals surface area contributed by atoms with Gasteiger partial charge in [0.05, 0.1) is 12.7 Å². The van der Waals surface area contributed by atoms with Gasteiger partial charge < -0.3 is 9.64 Å². The van der Waals surface area contributed by atoms with Crippen molar-refractivity contribution in [3.8, 4) is 0 Å². The largest absolute Gasteiger partial charge is 0.465 e. The van der Waals surface area contributed by atoms with Gasteiger partial charge in [-0.3, -0.25) is 4.79 Å². The molecule has 0 radical (unpaired) electrons. The van der Waals surface area contributed by atoms with Crippen molar-refractivity contribution in [1.82, 2.24) is 0 Å². The number of rotatable bonds is 3. The Morgan fingerprint density at radius 2 is 1.91 bits per heavy atom. The highest BCUT2D eigenvalue weighted by molar-refractivity contribution is 6.05. The average molecular weight is 307 g/mol. The molecule has 0 bridgehead atoms. The Morgan fingerprint density at radius 1 is 1.13 bits per heavy atom. The molecule has 0 fully saturated rings. The molecule has 0 aromatic heterocycles. The van der Waals surface area contributed by atoms with Crippen molar-refractivity contribution in [2.75, 3.05) is 18.6 Å². The molecule has 0 spiro atoms. The summed E-state index contributed by atoms with van der Waals surface area (Å²) in [6.07, 6.45) is 4.13. The normalized spacial score (nSPS) is 13.2. The predicted molar refractivity (Wildman–Crippen MR) is 89.3 cm³/mol. The summed E-state index contributed by atoms with van der Waals surface area (Å²) in [7, 11) is 1.36. The van der Waals surface area contributed by atoms with Crippen LogP contribution in [-0.4, -0.2) is 25.5 Å². The molecule has 0 N–H and O–H groups in total. The van der Waals surface area contributed by atoms with Gasteiger partial charge in [-0.1, -0.05) is 30.3 Å². The van der Waals surface area contributed by atoms with Crippen LogP contribution in [0.25, 0.3) is 6.08 Å². The highest BCUT2D eigenvalue weighted by Crippen LogP contribution is 2.29. The van der Waals surface area contributed by atoms with Gasteiger partial charge in [-0.25, -0.2) is 4.79 Å². The lowest BCUT2D eigenvalue weighted by Crippen LogP contribution is -2.26. The van der Waals surface area contributed by atoms with E-state index in [1.165, 1.54) is 7.11 Å². The maximum absolute atomic E-state index is 12.4. The van der Waals surface area contributed by atoms with Crippen LogP contribution >= 0.6 is 0 Å². The summed E-state index contributed by atoms with van der Waals surface area (Å²) in [5.41, 5.74) is 3.36. The minimum Gasteiger partial charge on any atom is -0.465 e. The van der Waals surface area contributed by atoms with Crippen molar-refractivity contribution in [3.63, 3.8) is 0 Å². The SMILES string of the molecule is COC(=O)c1ccc2c(c1)CCN2C(=O)/C=C/c1ccccc1. The third kappa shape index (κ3) is 3.16. The molecule has 0 unspecified atom stereocenters. The Morgan fingerprint density at radius 3 is 2.65 bits per heavy atom. The Labute approximate surface area is 135 Å². The van der Waals surface area contributed by atoms with Crippen molar-refractivity contribution in [3.05, 3.63) is 71.3 Å². The summed E-state index contributed by atoms with van der Waals surface area (Å²) in [5, 5.41) is 0. The summed E-state index contributed by atoms with van der Waals surface area (Å²) in [6.45, 7) is 0.623. The van der Waals surface area contributed by atoms with Gasteiger partial charge >= 0.3 is 5.97 Å². The van der Waals surface area contributed by atoms with Crippen molar-refractivity contribution >= 4 is 23.6 Å². The first kappa shape index (κ1) is 15.0. The maximum atomic E-state index is 12.4. The van der Waals surface area contributed by atoms with Crippen LogP contribution in [0.2, 0.25) is 0 Å². The van der Waals surface area contributed by atoms with Crippen molar-refractivity contribution in [2.45, 2.75) is 6.42 Å². The van der Waals surface area contributed by atoms with Crippen LogP contribution in [0.3, 0.4) is 0 Å². The lowest BCUT2D eigenvalue weighted by molar-refractivity contribution is -0.114. The summed E-state index contributed by atoms with van der Waals surface area (Å²) in [4.78, 5) is 25.7. The number of carbonyl (C=O) groups is 2. The monoisotopic (exact) mass is 307 g/mol. The van der Waals surface area contributed by atoms with Gasteiger partial charge in [0.2, 0.25) is 0 Å². The van der Waals surface area contributed by atoms with E-state index >= 15 is 0 Å². The number of anilines is 1. The smallest absolute Gasteiger partial charge is 0.337 e. The molecule has 4 heteroatoms. The third-order valence-corrected chi connectivity index (χ3v) is 3.88. The van der Waals surface area contributed by atoms with Crippen molar-refractivity contribution in [2.24, 2.45) is 0 Å². The lowest BCUT2D eigenvalue weighted by Gasteiger charge is -2.15. The van der Waals surface area contributed by atoms with Crippen LogP contribution in [0, 0.1) is 0 Å². The second kappa shape index (κ2) is 6.48. The molecule has 0 saturated carbocycles. The standard InChI is InChI=1S/C19H17NO3/c1-23-19(22)16-8-9-17-15(13-16)11-12-20(17)18(21)10-7-14-5-3-2-4-6-14/h2-10,13H,11-12H2,1H3/b10-7+. The molecule has 1 aliphatic heterocycles. The average Bonchev–Trinajstić information content (AvgIpc) is 3.03. The molecule has 2 aromatic rings. The number of hydrogen-bond acceptors (Lipinski definition) is 3. The molecule has 3 rings (SSSR count). The Bertz CT molecular complexity index is 765. The molecular weight excluding hydrogens is 290 g/mol. The van der Waals surface area contributed by atoms with Crippen LogP contribution in [0.1, 0.15) is 21.5 Å². The highest BCUT2D eigenvalue weighted by Gasteiger charge is 2.24. The van der Waals surface area contributed by atoms with E-state index in [9.17, 15) is 9.59 Å². The molecule has 1 heterocycles. The molecule has 0 atom stereocenters. The van der Waals surface area contributed by atoms with Gasteiger partial charge in [-0.2, -0.15) is 0 Å². The van der Waals surface area contributed by atoms with Crippen LogP contribution in [-0.2, 0) is 16.0 Å². The molecule has 1 amide bonds. The predicted octanol–water partition coefficient (Wildman–Crippen LogP) is 3.08. The van der Waals surface area contributed by atoms with E-state index in [-0.39, 0.29) is 11.9 Å². The van der Waals surface area contributed by atoms with E-state index < -0.39 is 0 Å². The van der Waals surface area contributed by atoms with Gasteiger partial charge in [0, 0.05) is 18.3 Å². The first-order chi connectivity index (χ1) is 11.2. The lowest BCUT2D eigenvalue weighted by atomic mass is 10.1. The van der Waals surface area contributed by atoms with Gasteiger partial charge in [0.15, 0.2) is 0 Å². The van der Waals surface area contributed by atoms with E-state index in [1.807, 2.05) is 42.5 Å². The zero-order chi connectivity index (χ0) is 16.2. The molecular formula is C19H17NO3. The van der Waals surface area contributed by atoms with Gasteiger partial charge in [0.25, 0.3) is 5.91 Å². The third-order valence-electron chi connectivity index (χ3n) is 3.88. The number of hydrogen-bond donors (Lipinski definition) is 0. The molecule has 0 aliphatic carbocycles. The number of esters is 1. The topological polar surface area (TPSA) is 46.6 Å². The zero-order valence-electron chi connectivity index (χ0n) is 12.9. The number of amides is 1.